The van der Waals surface area contributed by atoms with Crippen molar-refractivity contribution >= 4 is 0 Å². The van der Waals surface area contributed by atoms with Crippen LogP contribution in [0.4, 0.5) is 0 Å². The lowest BCUT2D eigenvalue weighted by atomic mass is 9.80. The van der Waals surface area contributed by atoms with E-state index in [1.807, 2.05) is 0 Å². The number of hydrogen-bond donors (Lipinski definition) is 0. The molecule has 0 N–H and O–H groups in total. The number of rotatable bonds is 10. The summed E-state index contributed by atoms with van der Waals surface area (Å²) in [6, 6.07) is 4.53. The fraction of sp³-hybridized carbons (Fsp3) is 0.800. The van der Waals surface area contributed by atoms with Gasteiger partial charge in [0, 0.05) is 32.5 Å². The first-order valence-corrected chi connectivity index (χ1v) is 15.1. The van der Waals surface area contributed by atoms with E-state index < -0.39 is 17.1 Å². The molecule has 40 heavy (non-hydrogen) atoms. The summed E-state index contributed by atoms with van der Waals surface area (Å²) in [6.07, 6.45) is 13.6. The average molecular weight is 551 g/mol. The van der Waals surface area contributed by atoms with Gasteiger partial charge >= 0.3 is 17.1 Å². The monoisotopic (exact) mass is 550 g/mol. The molecule has 1 heterocycles. The van der Waals surface area contributed by atoms with Gasteiger partial charge in [-0.05, 0) is 93.3 Å². The van der Waals surface area contributed by atoms with Crippen molar-refractivity contribution in [3.05, 3.63) is 31.5 Å². The molecular weight excluding hydrogens is 508 g/mol. The van der Waals surface area contributed by atoms with Crippen molar-refractivity contribution in [1.82, 2.24) is 13.7 Å². The van der Waals surface area contributed by atoms with E-state index in [4.69, 9.17) is 10.00 Å². The minimum atomic E-state index is -0.532. The van der Waals surface area contributed by atoms with E-state index in [1.165, 1.54) is 13.7 Å². The number of ether oxygens (including phenoxy) is 1. The summed E-state index contributed by atoms with van der Waals surface area (Å²) in [5, 5.41) is 27.2. The molecule has 6 atom stereocenters. The lowest BCUT2D eigenvalue weighted by molar-refractivity contribution is 0.143. The maximum atomic E-state index is 13.8. The van der Waals surface area contributed by atoms with Crippen LogP contribution in [-0.4, -0.2) is 20.3 Å². The molecule has 216 valence electrons. The highest BCUT2D eigenvalue weighted by atomic mass is 16.5. The number of nitrogens with zero attached hydrogens (tertiary/aromatic N) is 6. The first kappa shape index (κ1) is 29.7. The van der Waals surface area contributed by atoms with Crippen molar-refractivity contribution in [2.24, 2.45) is 35.5 Å². The van der Waals surface area contributed by atoms with Gasteiger partial charge < -0.3 is 4.74 Å². The fourth-order valence-electron chi connectivity index (χ4n) is 7.57. The van der Waals surface area contributed by atoms with Crippen LogP contribution >= 0.6 is 0 Å². The van der Waals surface area contributed by atoms with Gasteiger partial charge in [0.05, 0.1) is 12.1 Å². The zero-order chi connectivity index (χ0) is 28.5. The Bertz CT molecular complexity index is 1230. The van der Waals surface area contributed by atoms with Gasteiger partial charge in [-0.25, -0.2) is 28.1 Å². The highest BCUT2D eigenvalue weighted by molar-refractivity contribution is 4.87. The lowest BCUT2D eigenvalue weighted by Crippen LogP contribution is -2.56. The van der Waals surface area contributed by atoms with Gasteiger partial charge in [-0.15, -0.1) is 0 Å². The third-order valence-electron chi connectivity index (χ3n) is 9.53. The van der Waals surface area contributed by atoms with Crippen LogP contribution in [0.1, 0.15) is 89.9 Å². The molecule has 3 aliphatic carbocycles. The van der Waals surface area contributed by atoms with Gasteiger partial charge in [-0.1, -0.05) is 19.3 Å². The van der Waals surface area contributed by atoms with Crippen molar-refractivity contribution in [3.8, 4) is 18.4 Å². The first-order valence-electron chi connectivity index (χ1n) is 15.1. The Hall–Kier alpha value is -3.32. The molecule has 0 aliphatic heterocycles. The quantitative estimate of drug-likeness (QED) is 0.401. The molecule has 0 radical (unpaired) electrons. The summed E-state index contributed by atoms with van der Waals surface area (Å²) >= 11 is 0. The molecule has 0 bridgehead atoms. The third-order valence-corrected chi connectivity index (χ3v) is 9.53. The van der Waals surface area contributed by atoms with E-state index in [-0.39, 0.29) is 55.1 Å². The second kappa shape index (κ2) is 14.4. The van der Waals surface area contributed by atoms with Crippen LogP contribution in [0.5, 0.6) is 0 Å². The van der Waals surface area contributed by atoms with Gasteiger partial charge in [0.2, 0.25) is 0 Å². The molecule has 0 spiro atoms. The van der Waals surface area contributed by atoms with Gasteiger partial charge in [-0.2, -0.15) is 15.8 Å². The Morgan fingerprint density at radius 3 is 1.30 bits per heavy atom. The predicted octanol–water partition coefficient (Wildman–Crippen LogP) is 3.92. The molecule has 10 nitrogen and oxygen atoms in total. The Kier molecular flexibility index (Phi) is 10.6. The molecule has 1 aromatic rings. The van der Waals surface area contributed by atoms with Crippen molar-refractivity contribution in [3.63, 3.8) is 0 Å². The smallest absolute Gasteiger partial charge is 0.336 e. The summed E-state index contributed by atoms with van der Waals surface area (Å²) in [5.41, 5.74) is -1.59. The van der Waals surface area contributed by atoms with Crippen LogP contribution in [0, 0.1) is 69.7 Å². The number of nitriles is 3. The minimum absolute atomic E-state index is 0.0928. The van der Waals surface area contributed by atoms with Crippen molar-refractivity contribution in [2.75, 3.05) is 6.61 Å². The molecule has 0 aromatic carbocycles. The summed E-state index contributed by atoms with van der Waals surface area (Å²) in [4.78, 5) is 41.3. The zero-order valence-electron chi connectivity index (χ0n) is 23.5. The normalized spacial score (nSPS) is 28.6. The average Bonchev–Trinajstić information content (AvgIpc) is 2.96. The number of aromatic nitrogens is 3. The summed E-state index contributed by atoms with van der Waals surface area (Å²) in [5.74, 6) is 1.10. The van der Waals surface area contributed by atoms with Crippen molar-refractivity contribution < 1.29 is 4.74 Å². The molecule has 0 amide bonds. The molecule has 3 fully saturated rings. The number of hydrogen-bond acceptors (Lipinski definition) is 7. The third kappa shape index (κ3) is 7.45. The van der Waals surface area contributed by atoms with Crippen LogP contribution in [0.3, 0.4) is 0 Å². The Labute approximate surface area is 235 Å². The zero-order valence-corrected chi connectivity index (χ0v) is 23.5. The molecule has 1 aromatic heterocycles. The van der Waals surface area contributed by atoms with Gasteiger partial charge in [0.15, 0.2) is 0 Å². The predicted molar refractivity (Wildman–Crippen MR) is 148 cm³/mol. The largest absolute Gasteiger partial charge is 0.427 e. The topological polar surface area (TPSA) is 147 Å². The highest BCUT2D eigenvalue weighted by Gasteiger charge is 2.29. The maximum Gasteiger partial charge on any atom is 0.336 e. The summed E-state index contributed by atoms with van der Waals surface area (Å²) < 4.78 is 8.84. The van der Waals surface area contributed by atoms with Gasteiger partial charge in [0.1, 0.15) is 6.61 Å². The highest BCUT2D eigenvalue weighted by Crippen LogP contribution is 2.33. The van der Waals surface area contributed by atoms with Crippen LogP contribution in [0.25, 0.3) is 0 Å². The van der Waals surface area contributed by atoms with E-state index in [1.54, 1.807) is 6.26 Å². The van der Waals surface area contributed by atoms with Crippen LogP contribution in [0.2, 0.25) is 0 Å². The van der Waals surface area contributed by atoms with E-state index in [0.29, 0.717) is 19.4 Å². The Morgan fingerprint density at radius 2 is 0.925 bits per heavy atom. The van der Waals surface area contributed by atoms with E-state index in [0.717, 1.165) is 77.0 Å². The van der Waals surface area contributed by atoms with Crippen LogP contribution in [0.15, 0.2) is 14.4 Å². The molecule has 0 saturated heterocycles. The van der Waals surface area contributed by atoms with Crippen molar-refractivity contribution in [2.45, 2.75) is 110 Å². The first-order chi connectivity index (χ1) is 19.4. The lowest BCUT2D eigenvalue weighted by Gasteiger charge is -2.31. The Balaban J connectivity index is 1.64. The van der Waals surface area contributed by atoms with Gasteiger partial charge in [-0.3, -0.25) is 0 Å². The molecular formula is C30H42N6O4. The minimum Gasteiger partial charge on any atom is -0.427 e. The molecule has 6 unspecified atom stereocenters. The van der Waals surface area contributed by atoms with E-state index in [2.05, 4.69) is 12.1 Å². The van der Waals surface area contributed by atoms with E-state index >= 15 is 0 Å². The summed E-state index contributed by atoms with van der Waals surface area (Å²) in [6.45, 7) is 1.14. The summed E-state index contributed by atoms with van der Waals surface area (Å²) in [7, 11) is 0. The van der Waals surface area contributed by atoms with Crippen molar-refractivity contribution in [1.29, 1.82) is 15.8 Å². The van der Waals surface area contributed by atoms with Gasteiger partial charge in [0.25, 0.3) is 6.26 Å². The molecule has 3 aliphatic rings. The SMILES string of the molecule is N#CCC1CCCC(Cn2c(=O)n(CC3CCCC(CC#N)C3)c(=O)n(CC3CCCC(COC#N)C3)c2=O)C1. The van der Waals surface area contributed by atoms with E-state index in [9.17, 15) is 24.9 Å². The fourth-order valence-corrected chi connectivity index (χ4v) is 7.57. The maximum absolute atomic E-state index is 13.8. The molecule has 10 heteroatoms. The standard InChI is InChI=1S/C30H42N6O4/c31-12-10-22-4-1-6-24(14-22)17-34-28(37)35(18-25-7-2-5-23(15-25)11-13-32)30(39)36(29(34)38)19-26-8-3-9-27(16-26)20-40-21-33/h22-27H,1-11,14-20H2. The molecule has 3 saturated carbocycles. The molecule has 4 rings (SSSR count). The second-order valence-electron chi connectivity index (χ2n) is 12.5. The Morgan fingerprint density at radius 1 is 0.575 bits per heavy atom. The second-order valence-corrected chi connectivity index (χ2v) is 12.5. The van der Waals surface area contributed by atoms with Crippen LogP contribution < -0.4 is 17.1 Å². The van der Waals surface area contributed by atoms with Crippen LogP contribution in [-0.2, 0) is 24.4 Å².